The van der Waals surface area contributed by atoms with Gasteiger partial charge in [0.2, 0.25) is 11.0 Å². The first-order chi connectivity index (χ1) is 12.2. The number of esters is 1. The van der Waals surface area contributed by atoms with Crippen LogP contribution in [0, 0.1) is 0 Å². The second-order valence-electron chi connectivity index (χ2n) is 5.69. The highest BCUT2D eigenvalue weighted by Crippen LogP contribution is 2.18. The molecule has 1 aromatic heterocycles. The summed E-state index contributed by atoms with van der Waals surface area (Å²) in [5.41, 5.74) is 1.19. The Bertz CT molecular complexity index is 884. The van der Waals surface area contributed by atoms with E-state index in [0.717, 1.165) is 9.87 Å². The summed E-state index contributed by atoms with van der Waals surface area (Å²) in [7, 11) is -0.875. The number of carbonyl (C=O) groups excluding carboxylic acids is 2. The van der Waals surface area contributed by atoms with Gasteiger partial charge in [0, 0.05) is 27.6 Å². The summed E-state index contributed by atoms with van der Waals surface area (Å²) in [6.45, 7) is 1.62. The van der Waals surface area contributed by atoms with Crippen LogP contribution in [0.3, 0.4) is 0 Å². The van der Waals surface area contributed by atoms with Gasteiger partial charge in [-0.2, -0.15) is 0 Å². The molecule has 0 aliphatic carbocycles. The Kier molecular flexibility index (Phi) is 6.17. The van der Waals surface area contributed by atoms with Gasteiger partial charge in [-0.15, -0.1) is 0 Å². The summed E-state index contributed by atoms with van der Waals surface area (Å²) in [4.78, 5) is 22.9. The lowest BCUT2D eigenvalue weighted by atomic mass is 10.1. The predicted octanol–water partition coefficient (Wildman–Crippen LogP) is 1.52. The molecule has 1 N–H and O–H groups in total. The van der Waals surface area contributed by atoms with Crippen LogP contribution in [0.15, 0.2) is 45.9 Å². The molecule has 2 aromatic rings. The summed E-state index contributed by atoms with van der Waals surface area (Å²) < 4.78 is 35.2. The van der Waals surface area contributed by atoms with E-state index in [-0.39, 0.29) is 23.4 Å². The van der Waals surface area contributed by atoms with Gasteiger partial charge in [-0.1, -0.05) is 12.1 Å². The highest BCUT2D eigenvalue weighted by molar-refractivity contribution is 7.88. The lowest BCUT2D eigenvalue weighted by molar-refractivity contribution is -0.119. The fraction of sp³-hybridized carbons (Fsp3) is 0.294. The Balaban J connectivity index is 1.95. The number of nitrogens with zero attached hydrogens (tertiary/aromatic N) is 1. The molecule has 0 spiro atoms. The van der Waals surface area contributed by atoms with Crippen LogP contribution in [-0.2, 0) is 32.7 Å². The average Bonchev–Trinajstić information content (AvgIpc) is 3.08. The van der Waals surface area contributed by atoms with E-state index in [2.05, 4.69) is 5.32 Å². The van der Waals surface area contributed by atoms with Gasteiger partial charge in [0.25, 0.3) is 10.0 Å². The van der Waals surface area contributed by atoms with Crippen molar-refractivity contribution in [2.45, 2.75) is 25.2 Å². The van der Waals surface area contributed by atoms with Crippen molar-refractivity contribution in [3.8, 4) is 0 Å². The van der Waals surface area contributed by atoms with Gasteiger partial charge in [-0.3, -0.25) is 4.79 Å². The number of carbonyl (C=O) groups is 2. The Hall–Kier alpha value is -2.65. The molecule has 9 heteroatoms. The van der Waals surface area contributed by atoms with Crippen molar-refractivity contribution in [3.63, 3.8) is 0 Å². The van der Waals surface area contributed by atoms with E-state index >= 15 is 0 Å². The van der Waals surface area contributed by atoms with Crippen LogP contribution >= 0.6 is 0 Å². The fourth-order valence-electron chi connectivity index (χ4n) is 1.96. The van der Waals surface area contributed by atoms with Crippen molar-refractivity contribution in [2.24, 2.45) is 0 Å². The zero-order valence-corrected chi connectivity index (χ0v) is 15.5. The predicted molar refractivity (Wildman–Crippen MR) is 92.7 cm³/mol. The highest BCUT2D eigenvalue weighted by atomic mass is 32.2. The van der Waals surface area contributed by atoms with Gasteiger partial charge in [0.05, 0.1) is 5.56 Å². The van der Waals surface area contributed by atoms with Crippen LogP contribution in [0.5, 0.6) is 0 Å². The Morgan fingerprint density at radius 1 is 1.12 bits per heavy atom. The SMILES string of the molecule is CC(=O)NCc1ccc(C(=O)OCc2ccc(S(=O)(=O)N(C)C)o2)cc1. The number of benzene rings is 1. The van der Waals surface area contributed by atoms with E-state index in [9.17, 15) is 18.0 Å². The molecule has 2 rings (SSSR count). The van der Waals surface area contributed by atoms with Crippen molar-refractivity contribution in [1.82, 2.24) is 9.62 Å². The molecule has 0 aliphatic rings. The number of nitrogens with one attached hydrogen (secondary N) is 1. The van der Waals surface area contributed by atoms with Gasteiger partial charge >= 0.3 is 5.97 Å². The molecule has 140 valence electrons. The molecule has 0 fully saturated rings. The number of sulfonamides is 1. The van der Waals surface area contributed by atoms with Gasteiger partial charge in [-0.25, -0.2) is 17.5 Å². The quantitative estimate of drug-likeness (QED) is 0.730. The normalized spacial score (nSPS) is 11.4. The van der Waals surface area contributed by atoms with Gasteiger partial charge < -0.3 is 14.5 Å². The third kappa shape index (κ3) is 4.93. The molecule has 1 amide bonds. The Morgan fingerprint density at radius 3 is 2.35 bits per heavy atom. The highest BCUT2D eigenvalue weighted by Gasteiger charge is 2.21. The van der Waals surface area contributed by atoms with Crippen molar-refractivity contribution in [3.05, 3.63) is 53.3 Å². The van der Waals surface area contributed by atoms with Crippen molar-refractivity contribution in [1.29, 1.82) is 0 Å². The minimum atomic E-state index is -3.67. The van der Waals surface area contributed by atoms with E-state index in [1.165, 1.54) is 33.2 Å². The first kappa shape index (κ1) is 19.7. The molecule has 8 nitrogen and oxygen atoms in total. The first-order valence-electron chi connectivity index (χ1n) is 7.72. The molecule has 1 aromatic carbocycles. The molecular weight excluding hydrogens is 360 g/mol. The van der Waals surface area contributed by atoms with Crippen LogP contribution in [0.1, 0.15) is 28.6 Å². The number of amides is 1. The maximum atomic E-state index is 12.0. The third-order valence-corrected chi connectivity index (χ3v) is 5.14. The van der Waals surface area contributed by atoms with Crippen LogP contribution in [-0.4, -0.2) is 38.7 Å². The van der Waals surface area contributed by atoms with E-state index in [1.807, 2.05) is 0 Å². The Labute approximate surface area is 151 Å². The molecule has 0 radical (unpaired) electrons. The van der Waals surface area contributed by atoms with Crippen LogP contribution in [0.4, 0.5) is 0 Å². The third-order valence-electron chi connectivity index (χ3n) is 3.45. The topological polar surface area (TPSA) is 106 Å². The monoisotopic (exact) mass is 380 g/mol. The molecular formula is C17H20N2O6S. The number of hydrogen-bond acceptors (Lipinski definition) is 6. The molecule has 0 atom stereocenters. The second-order valence-corrected chi connectivity index (χ2v) is 7.77. The number of ether oxygens (including phenoxy) is 1. The van der Waals surface area contributed by atoms with Gasteiger partial charge in [-0.05, 0) is 29.8 Å². The molecule has 0 aliphatic heterocycles. The van der Waals surface area contributed by atoms with Crippen molar-refractivity contribution in [2.75, 3.05) is 14.1 Å². The van der Waals surface area contributed by atoms with E-state index in [0.29, 0.717) is 12.1 Å². The van der Waals surface area contributed by atoms with Gasteiger partial charge in [0.15, 0.2) is 0 Å². The molecule has 0 unspecified atom stereocenters. The van der Waals surface area contributed by atoms with E-state index in [4.69, 9.17) is 9.15 Å². The Morgan fingerprint density at radius 2 is 1.77 bits per heavy atom. The van der Waals surface area contributed by atoms with E-state index < -0.39 is 16.0 Å². The van der Waals surface area contributed by atoms with Crippen molar-refractivity contribution < 1.29 is 27.2 Å². The smallest absolute Gasteiger partial charge is 0.338 e. The van der Waals surface area contributed by atoms with Crippen LogP contribution < -0.4 is 5.32 Å². The largest absolute Gasteiger partial charge is 0.454 e. The minimum Gasteiger partial charge on any atom is -0.454 e. The summed E-state index contributed by atoms with van der Waals surface area (Å²) in [5, 5.41) is 2.45. The maximum absolute atomic E-state index is 12.0. The van der Waals surface area contributed by atoms with Gasteiger partial charge in [0.1, 0.15) is 12.4 Å². The average molecular weight is 380 g/mol. The van der Waals surface area contributed by atoms with E-state index in [1.54, 1.807) is 24.3 Å². The lowest BCUT2D eigenvalue weighted by Gasteiger charge is -2.08. The number of hydrogen-bond donors (Lipinski definition) is 1. The number of rotatable bonds is 7. The maximum Gasteiger partial charge on any atom is 0.338 e. The second kappa shape index (κ2) is 8.15. The first-order valence-corrected chi connectivity index (χ1v) is 9.16. The standard InChI is InChI=1S/C17H20N2O6S/c1-12(20)18-10-13-4-6-14(7-5-13)17(21)24-11-15-8-9-16(25-15)26(22,23)19(2)3/h4-9H,10-11H2,1-3H3,(H,18,20). The molecule has 26 heavy (non-hydrogen) atoms. The fourth-order valence-corrected chi connectivity index (χ4v) is 2.77. The molecule has 0 saturated heterocycles. The molecule has 1 heterocycles. The summed E-state index contributed by atoms with van der Waals surface area (Å²) in [6.07, 6.45) is 0. The van der Waals surface area contributed by atoms with Crippen LogP contribution in [0.25, 0.3) is 0 Å². The molecule has 0 bridgehead atoms. The minimum absolute atomic E-state index is 0.136. The summed E-state index contributed by atoms with van der Waals surface area (Å²) in [6, 6.07) is 9.35. The number of furan rings is 1. The zero-order valence-electron chi connectivity index (χ0n) is 14.7. The van der Waals surface area contributed by atoms with Crippen LogP contribution in [0.2, 0.25) is 0 Å². The summed E-state index contributed by atoms with van der Waals surface area (Å²) in [5.74, 6) is -0.479. The lowest BCUT2D eigenvalue weighted by Crippen LogP contribution is -2.21. The zero-order chi connectivity index (χ0) is 19.3. The van der Waals surface area contributed by atoms with Crippen molar-refractivity contribution >= 4 is 21.9 Å². The summed E-state index contributed by atoms with van der Waals surface area (Å²) >= 11 is 0. The molecule has 0 saturated carbocycles.